The van der Waals surface area contributed by atoms with Gasteiger partial charge in [-0.05, 0) is 31.6 Å². The van der Waals surface area contributed by atoms with Crippen molar-refractivity contribution >= 4 is 11.8 Å². The summed E-state index contributed by atoms with van der Waals surface area (Å²) in [6, 6.07) is -0.117. The Morgan fingerprint density at radius 2 is 2.07 bits per heavy atom. The summed E-state index contributed by atoms with van der Waals surface area (Å²) in [6.45, 7) is 0.726. The van der Waals surface area contributed by atoms with Gasteiger partial charge in [-0.1, -0.05) is 0 Å². The number of amides is 2. The zero-order valence-corrected chi connectivity index (χ0v) is 9.34. The smallest absolute Gasteiger partial charge is 0.314 e. The van der Waals surface area contributed by atoms with Crippen LogP contribution in [0.5, 0.6) is 0 Å². The first kappa shape index (κ1) is 12.0. The van der Waals surface area contributed by atoms with Crippen LogP contribution in [0.1, 0.15) is 38.5 Å². The maximum atomic E-state index is 11.0. The van der Waals surface area contributed by atoms with Crippen LogP contribution in [-0.2, 0) is 4.79 Å². The van der Waals surface area contributed by atoms with Crippen molar-refractivity contribution in [1.82, 2.24) is 10.6 Å². The molecule has 0 aromatic heterocycles. The molecular weight excluding hydrogens is 192 g/mol. The third kappa shape index (κ3) is 4.81. The third-order valence-corrected chi connectivity index (χ3v) is 2.96. The fraction of sp³-hybridized carbons (Fsp3) is 0.818. The normalized spacial score (nSPS) is 17.5. The lowest BCUT2D eigenvalue weighted by molar-refractivity contribution is -0.121. The van der Waals surface area contributed by atoms with Gasteiger partial charge in [0.25, 0.3) is 0 Å². The van der Waals surface area contributed by atoms with Crippen LogP contribution in [0.2, 0.25) is 0 Å². The molecule has 2 amide bonds. The van der Waals surface area contributed by atoms with Crippen molar-refractivity contribution in [2.75, 3.05) is 13.6 Å². The first-order valence-corrected chi connectivity index (χ1v) is 5.69. The zero-order chi connectivity index (χ0) is 11.1. The lowest BCUT2D eigenvalue weighted by atomic mass is 9.85. The minimum absolute atomic E-state index is 0.117. The molecule has 1 rings (SSSR count). The van der Waals surface area contributed by atoms with Crippen molar-refractivity contribution < 1.29 is 9.59 Å². The van der Waals surface area contributed by atoms with Gasteiger partial charge in [0, 0.05) is 26.4 Å². The second-order valence-electron chi connectivity index (χ2n) is 4.13. The van der Waals surface area contributed by atoms with Crippen molar-refractivity contribution in [3.8, 4) is 0 Å². The Morgan fingerprint density at radius 3 is 2.67 bits per heavy atom. The van der Waals surface area contributed by atoms with E-state index in [0.717, 1.165) is 45.1 Å². The van der Waals surface area contributed by atoms with Gasteiger partial charge in [-0.3, -0.25) is 4.79 Å². The third-order valence-electron chi connectivity index (χ3n) is 2.96. The predicted molar refractivity (Wildman–Crippen MR) is 58.7 cm³/mol. The molecule has 0 unspecified atom stereocenters. The molecule has 4 nitrogen and oxygen atoms in total. The van der Waals surface area contributed by atoms with Gasteiger partial charge in [0.2, 0.25) is 0 Å². The summed E-state index contributed by atoms with van der Waals surface area (Å²) >= 11 is 0. The van der Waals surface area contributed by atoms with Crippen molar-refractivity contribution in [2.24, 2.45) is 5.92 Å². The van der Waals surface area contributed by atoms with E-state index in [2.05, 4.69) is 10.6 Å². The number of Topliss-reactive ketones (excluding diaryl/α,β-unsaturated/α-hetero) is 1. The van der Waals surface area contributed by atoms with E-state index in [-0.39, 0.29) is 6.03 Å². The summed E-state index contributed by atoms with van der Waals surface area (Å²) < 4.78 is 0. The van der Waals surface area contributed by atoms with Crippen LogP contribution in [-0.4, -0.2) is 25.4 Å². The molecule has 0 aromatic carbocycles. The van der Waals surface area contributed by atoms with E-state index in [4.69, 9.17) is 0 Å². The maximum Gasteiger partial charge on any atom is 0.314 e. The quantitative estimate of drug-likeness (QED) is 0.693. The topological polar surface area (TPSA) is 58.2 Å². The van der Waals surface area contributed by atoms with Crippen molar-refractivity contribution in [2.45, 2.75) is 38.5 Å². The van der Waals surface area contributed by atoms with Gasteiger partial charge in [-0.2, -0.15) is 0 Å². The van der Waals surface area contributed by atoms with E-state index in [1.54, 1.807) is 7.05 Å². The number of rotatable bonds is 4. The average molecular weight is 212 g/mol. The minimum Gasteiger partial charge on any atom is -0.341 e. The SMILES string of the molecule is CNC(=O)NCCCC1CCC(=O)CC1. The van der Waals surface area contributed by atoms with Crippen molar-refractivity contribution in [3.05, 3.63) is 0 Å². The lowest BCUT2D eigenvalue weighted by Crippen LogP contribution is -2.33. The number of nitrogens with one attached hydrogen (secondary N) is 2. The Labute approximate surface area is 90.8 Å². The molecule has 15 heavy (non-hydrogen) atoms. The predicted octanol–water partition coefficient (Wildman–Crippen LogP) is 1.45. The highest BCUT2D eigenvalue weighted by atomic mass is 16.2. The van der Waals surface area contributed by atoms with Gasteiger partial charge >= 0.3 is 6.03 Å². The van der Waals surface area contributed by atoms with Gasteiger partial charge in [-0.25, -0.2) is 4.79 Å². The highest BCUT2D eigenvalue weighted by molar-refractivity contribution is 5.79. The summed E-state index contributed by atoms with van der Waals surface area (Å²) in [5.74, 6) is 1.10. The molecule has 2 N–H and O–H groups in total. The first-order chi connectivity index (χ1) is 7.22. The summed E-state index contributed by atoms with van der Waals surface area (Å²) in [4.78, 5) is 21.8. The molecule has 86 valence electrons. The van der Waals surface area contributed by atoms with E-state index in [0.29, 0.717) is 11.7 Å². The van der Waals surface area contributed by atoms with Gasteiger partial charge in [0.05, 0.1) is 0 Å². The second-order valence-corrected chi connectivity index (χ2v) is 4.13. The van der Waals surface area contributed by atoms with Crippen LogP contribution in [0.15, 0.2) is 0 Å². The molecule has 0 atom stereocenters. The first-order valence-electron chi connectivity index (χ1n) is 5.69. The Kier molecular flexibility index (Phi) is 5.15. The molecule has 0 bridgehead atoms. The largest absolute Gasteiger partial charge is 0.341 e. The lowest BCUT2D eigenvalue weighted by Gasteiger charge is -2.20. The summed E-state index contributed by atoms with van der Waals surface area (Å²) in [5.41, 5.74) is 0. The van der Waals surface area contributed by atoms with E-state index >= 15 is 0 Å². The Bertz CT molecular complexity index is 219. The van der Waals surface area contributed by atoms with E-state index in [1.165, 1.54) is 0 Å². The highest BCUT2D eigenvalue weighted by Crippen LogP contribution is 2.25. The summed E-state index contributed by atoms with van der Waals surface area (Å²) in [5, 5.41) is 5.28. The van der Waals surface area contributed by atoms with Gasteiger partial charge < -0.3 is 10.6 Å². The molecule has 0 heterocycles. The number of urea groups is 1. The fourth-order valence-corrected chi connectivity index (χ4v) is 1.97. The summed E-state index contributed by atoms with van der Waals surface area (Å²) in [7, 11) is 1.61. The number of carbonyl (C=O) groups is 2. The highest BCUT2D eigenvalue weighted by Gasteiger charge is 2.17. The molecule has 1 fully saturated rings. The summed E-state index contributed by atoms with van der Waals surface area (Å²) in [6.07, 6.45) is 5.72. The molecule has 0 radical (unpaired) electrons. The van der Waals surface area contributed by atoms with Crippen LogP contribution in [0.4, 0.5) is 4.79 Å². The van der Waals surface area contributed by atoms with Gasteiger partial charge in [0.15, 0.2) is 0 Å². The van der Waals surface area contributed by atoms with Crippen LogP contribution in [0, 0.1) is 5.92 Å². The molecule has 0 aromatic rings. The van der Waals surface area contributed by atoms with E-state index in [1.807, 2.05) is 0 Å². The van der Waals surface area contributed by atoms with Crippen molar-refractivity contribution in [1.29, 1.82) is 0 Å². The van der Waals surface area contributed by atoms with Crippen LogP contribution >= 0.6 is 0 Å². The molecule has 0 saturated heterocycles. The van der Waals surface area contributed by atoms with Gasteiger partial charge in [-0.15, -0.1) is 0 Å². The van der Waals surface area contributed by atoms with Crippen LogP contribution in [0.25, 0.3) is 0 Å². The van der Waals surface area contributed by atoms with E-state index in [9.17, 15) is 9.59 Å². The molecule has 0 aliphatic heterocycles. The minimum atomic E-state index is -0.117. The Morgan fingerprint density at radius 1 is 1.40 bits per heavy atom. The standard InChI is InChI=1S/C11H20N2O2/c1-12-11(15)13-8-2-3-9-4-6-10(14)7-5-9/h9H,2-8H2,1H3,(H2,12,13,15). The number of hydrogen-bond acceptors (Lipinski definition) is 2. The molecule has 4 heteroatoms. The zero-order valence-electron chi connectivity index (χ0n) is 9.34. The molecule has 1 aliphatic rings. The average Bonchev–Trinajstić information content (AvgIpc) is 2.26. The van der Waals surface area contributed by atoms with Gasteiger partial charge in [0.1, 0.15) is 5.78 Å². The Hall–Kier alpha value is -1.06. The van der Waals surface area contributed by atoms with Crippen LogP contribution in [0.3, 0.4) is 0 Å². The Balaban J connectivity index is 2.00. The number of carbonyl (C=O) groups excluding carboxylic acids is 2. The van der Waals surface area contributed by atoms with E-state index < -0.39 is 0 Å². The fourth-order valence-electron chi connectivity index (χ4n) is 1.97. The second kappa shape index (κ2) is 6.43. The number of hydrogen-bond donors (Lipinski definition) is 2. The van der Waals surface area contributed by atoms with Crippen molar-refractivity contribution in [3.63, 3.8) is 0 Å². The monoisotopic (exact) mass is 212 g/mol. The van der Waals surface area contributed by atoms with Crippen LogP contribution < -0.4 is 10.6 Å². The molecular formula is C11H20N2O2. The maximum absolute atomic E-state index is 11.0. The molecule has 1 saturated carbocycles. The molecule has 0 spiro atoms. The number of ketones is 1. The molecule has 1 aliphatic carbocycles.